The number of hydrogen-bond acceptors (Lipinski definition) is 6. The van der Waals surface area contributed by atoms with Crippen molar-refractivity contribution >= 4 is 40.1 Å². The molecule has 0 saturated carbocycles. The number of anilines is 1. The molecule has 1 saturated heterocycles. The van der Waals surface area contributed by atoms with E-state index in [0.29, 0.717) is 23.1 Å². The number of nitrogens with one attached hydrogen (secondary N) is 1. The summed E-state index contributed by atoms with van der Waals surface area (Å²) in [6, 6.07) is 18.5. The monoisotopic (exact) mass is 660 g/mol. The maximum Gasteiger partial charge on any atom is 0.573 e. The zero-order valence-electron chi connectivity index (χ0n) is 25.8. The third-order valence-electron chi connectivity index (χ3n) is 7.81. The molecule has 3 aromatic carbocycles. The second-order valence-corrected chi connectivity index (χ2v) is 12.4. The van der Waals surface area contributed by atoms with Crippen molar-refractivity contribution in [3.05, 3.63) is 95.4 Å². The molecule has 2 aliphatic rings. The lowest BCUT2D eigenvalue weighted by Gasteiger charge is -2.22. The molecule has 1 aliphatic heterocycles. The van der Waals surface area contributed by atoms with E-state index in [2.05, 4.69) is 39.0 Å². The predicted molar refractivity (Wildman–Crippen MR) is 175 cm³/mol. The number of alkyl halides is 3. The number of carbonyl (C=O) groups is 2. The zero-order valence-corrected chi connectivity index (χ0v) is 26.7. The van der Waals surface area contributed by atoms with Crippen LogP contribution in [0.15, 0.2) is 83.7 Å². The van der Waals surface area contributed by atoms with Gasteiger partial charge in [0.25, 0.3) is 0 Å². The summed E-state index contributed by atoms with van der Waals surface area (Å²) in [6.45, 7) is 6.10. The Morgan fingerprint density at radius 3 is 2.45 bits per heavy atom. The van der Waals surface area contributed by atoms with Crippen LogP contribution in [-0.2, 0) is 4.79 Å². The number of ether oxygens (including phenoxy) is 1. The Morgan fingerprint density at radius 1 is 1.02 bits per heavy atom. The van der Waals surface area contributed by atoms with Crippen LogP contribution < -0.4 is 15.0 Å². The Morgan fingerprint density at radius 2 is 1.74 bits per heavy atom. The first kappa shape index (κ1) is 32.0. The molecule has 1 fully saturated rings. The van der Waals surface area contributed by atoms with Crippen molar-refractivity contribution in [2.45, 2.75) is 52.3 Å². The molecule has 1 aliphatic carbocycles. The lowest BCUT2D eigenvalue weighted by Crippen LogP contribution is -2.32. The number of rotatable bonds is 7. The molecular formula is C34H31F3N6O3S. The van der Waals surface area contributed by atoms with E-state index >= 15 is 0 Å². The molecule has 6 rings (SSSR count). The Hall–Kier alpha value is -4.91. The molecule has 2 heterocycles. The van der Waals surface area contributed by atoms with Crippen LogP contribution in [0.5, 0.6) is 5.75 Å². The van der Waals surface area contributed by atoms with Crippen molar-refractivity contribution in [3.8, 4) is 22.8 Å². The van der Waals surface area contributed by atoms with Crippen LogP contribution in [0, 0.1) is 6.92 Å². The molecule has 0 bridgehead atoms. The number of hydrogen-bond donors (Lipinski definition) is 1. The first-order valence-corrected chi connectivity index (χ1v) is 16.0. The van der Waals surface area contributed by atoms with E-state index in [-0.39, 0.29) is 23.3 Å². The number of allylic oxidation sites excluding steroid dienone is 2. The molecule has 242 valence electrons. The van der Waals surface area contributed by atoms with E-state index in [0.717, 1.165) is 52.1 Å². The largest absolute Gasteiger partial charge is 0.573 e. The van der Waals surface area contributed by atoms with Gasteiger partial charge in [-0.05, 0) is 84.7 Å². The molecule has 0 atom stereocenters. The van der Waals surface area contributed by atoms with Crippen molar-refractivity contribution in [2.75, 3.05) is 10.7 Å². The van der Waals surface area contributed by atoms with Crippen LogP contribution in [-0.4, -0.2) is 44.0 Å². The SMILES string of the molecule is Cc1ccc(C(C)C)c(N2C(=O)CS/C2=N\C(=O)NC2=C(c3ccc(-c4ncn(-c5ccc(OC(F)(F)F)cc5)n4)cc3)CCC2)c1. The fraction of sp³-hybridized carbons (Fsp3) is 0.265. The number of aromatic nitrogens is 3. The fourth-order valence-corrected chi connectivity index (χ4v) is 6.46. The summed E-state index contributed by atoms with van der Waals surface area (Å²) in [5, 5.41) is 7.81. The van der Waals surface area contributed by atoms with Crippen LogP contribution in [0.2, 0.25) is 0 Å². The molecule has 3 amide bonds. The Labute approximate surface area is 273 Å². The molecule has 1 aromatic heterocycles. The summed E-state index contributed by atoms with van der Waals surface area (Å²) >= 11 is 1.25. The summed E-state index contributed by atoms with van der Waals surface area (Å²) < 4.78 is 42.8. The average Bonchev–Trinajstić information content (AvgIpc) is 3.77. The standard InChI is InChI=1S/C34H31F3N6O3S/c1-20(2)26-16-7-21(3)17-29(26)43-30(44)18-47-33(43)40-32(45)39-28-6-4-5-27(28)22-8-10-23(11-9-22)31-38-19-42(41-31)24-12-14-25(15-13-24)46-34(35,36)37/h7-17,19-20H,4-6,18H2,1-3H3,(H,39,45)/b40-33-. The molecule has 9 nitrogen and oxygen atoms in total. The van der Waals surface area contributed by atoms with Crippen molar-refractivity contribution in [1.82, 2.24) is 20.1 Å². The smallest absolute Gasteiger partial charge is 0.406 e. The van der Waals surface area contributed by atoms with Crippen LogP contribution in [0.25, 0.3) is 22.6 Å². The lowest BCUT2D eigenvalue weighted by atomic mass is 9.99. The number of carbonyl (C=O) groups excluding carboxylic acids is 2. The zero-order chi connectivity index (χ0) is 33.3. The van der Waals surface area contributed by atoms with Gasteiger partial charge in [-0.25, -0.2) is 14.5 Å². The number of amides is 3. The predicted octanol–water partition coefficient (Wildman–Crippen LogP) is 8.01. The molecule has 4 aromatic rings. The van der Waals surface area contributed by atoms with Crippen molar-refractivity contribution < 1.29 is 27.5 Å². The number of thioether (sulfide) groups is 1. The van der Waals surface area contributed by atoms with Gasteiger partial charge in [0.2, 0.25) is 5.91 Å². The Balaban J connectivity index is 1.17. The van der Waals surface area contributed by atoms with Crippen molar-refractivity contribution in [1.29, 1.82) is 0 Å². The van der Waals surface area contributed by atoms with Gasteiger partial charge in [0.15, 0.2) is 11.0 Å². The average molecular weight is 661 g/mol. The van der Waals surface area contributed by atoms with E-state index < -0.39 is 12.4 Å². The van der Waals surface area contributed by atoms with Gasteiger partial charge >= 0.3 is 12.4 Å². The van der Waals surface area contributed by atoms with Gasteiger partial charge in [0, 0.05) is 11.3 Å². The maximum atomic E-state index is 13.2. The van der Waals surface area contributed by atoms with E-state index in [1.165, 1.54) is 47.0 Å². The number of amidine groups is 1. The van der Waals surface area contributed by atoms with Crippen LogP contribution in [0.3, 0.4) is 0 Å². The number of aryl methyl sites for hydroxylation is 1. The lowest BCUT2D eigenvalue weighted by molar-refractivity contribution is -0.274. The van der Waals surface area contributed by atoms with Crippen LogP contribution >= 0.6 is 11.8 Å². The minimum Gasteiger partial charge on any atom is -0.406 e. The molecule has 0 radical (unpaired) electrons. The minimum absolute atomic E-state index is 0.109. The van der Waals surface area contributed by atoms with E-state index in [4.69, 9.17) is 0 Å². The van der Waals surface area contributed by atoms with Gasteiger partial charge in [0.05, 0.1) is 17.1 Å². The van der Waals surface area contributed by atoms with Crippen LogP contribution in [0.4, 0.5) is 23.7 Å². The van der Waals surface area contributed by atoms with Gasteiger partial charge in [0.1, 0.15) is 12.1 Å². The first-order chi connectivity index (χ1) is 22.4. The molecule has 47 heavy (non-hydrogen) atoms. The summed E-state index contributed by atoms with van der Waals surface area (Å²) in [5.74, 6) is 0.416. The van der Waals surface area contributed by atoms with Gasteiger partial charge in [-0.15, -0.1) is 18.3 Å². The second-order valence-electron chi connectivity index (χ2n) is 11.5. The number of benzene rings is 3. The molecular weight excluding hydrogens is 629 g/mol. The highest BCUT2D eigenvalue weighted by Gasteiger charge is 2.33. The van der Waals surface area contributed by atoms with Crippen LogP contribution in [0.1, 0.15) is 55.7 Å². The van der Waals surface area contributed by atoms with Crippen molar-refractivity contribution in [2.24, 2.45) is 4.99 Å². The maximum absolute atomic E-state index is 13.2. The summed E-state index contributed by atoms with van der Waals surface area (Å²) in [7, 11) is 0. The van der Waals surface area contributed by atoms with E-state index in [1.54, 1.807) is 4.90 Å². The fourth-order valence-electron chi connectivity index (χ4n) is 5.60. The summed E-state index contributed by atoms with van der Waals surface area (Å²) in [4.78, 5) is 36.3. The quantitative estimate of drug-likeness (QED) is 0.216. The number of nitrogens with zero attached hydrogens (tertiary/aromatic N) is 5. The van der Waals surface area contributed by atoms with E-state index in [1.807, 2.05) is 49.4 Å². The number of aliphatic imine (C=N–C) groups is 1. The molecule has 0 spiro atoms. The third kappa shape index (κ3) is 7.25. The Kier molecular flexibility index (Phi) is 8.91. The number of halogens is 3. The van der Waals surface area contributed by atoms with E-state index in [9.17, 15) is 22.8 Å². The Bertz CT molecular complexity index is 1880. The molecule has 0 unspecified atom stereocenters. The highest BCUT2D eigenvalue weighted by atomic mass is 32.2. The highest BCUT2D eigenvalue weighted by molar-refractivity contribution is 8.15. The second kappa shape index (κ2) is 13.1. The summed E-state index contributed by atoms with van der Waals surface area (Å²) in [6.07, 6.45) is -0.925. The number of urea groups is 1. The van der Waals surface area contributed by atoms with Gasteiger partial charge in [-0.3, -0.25) is 9.69 Å². The van der Waals surface area contributed by atoms with Gasteiger partial charge < -0.3 is 10.1 Å². The topological polar surface area (TPSA) is 102 Å². The molecule has 1 N–H and O–H groups in total. The highest BCUT2D eigenvalue weighted by Crippen LogP contribution is 2.36. The van der Waals surface area contributed by atoms with Crippen molar-refractivity contribution in [3.63, 3.8) is 0 Å². The summed E-state index contributed by atoms with van der Waals surface area (Å²) in [5.41, 5.74) is 6.82. The first-order valence-electron chi connectivity index (χ1n) is 15.0. The van der Waals surface area contributed by atoms with Gasteiger partial charge in [-0.2, -0.15) is 4.99 Å². The third-order valence-corrected chi connectivity index (χ3v) is 8.73. The normalized spacial score (nSPS) is 16.1. The molecule has 13 heteroatoms. The minimum atomic E-state index is -4.76. The van der Waals surface area contributed by atoms with Gasteiger partial charge in [-0.1, -0.05) is 62.0 Å².